The molecule has 0 bridgehead atoms. The fourth-order valence-corrected chi connectivity index (χ4v) is 3.76. The van der Waals surface area contributed by atoms with Crippen molar-refractivity contribution >= 4 is 40.5 Å². The summed E-state index contributed by atoms with van der Waals surface area (Å²) in [5.41, 5.74) is 4.47. The topological polar surface area (TPSA) is 35.6 Å². The van der Waals surface area contributed by atoms with Crippen molar-refractivity contribution in [1.82, 2.24) is 4.90 Å². The van der Waals surface area contributed by atoms with E-state index < -0.39 is 0 Å². The van der Waals surface area contributed by atoms with Crippen LogP contribution in [0.3, 0.4) is 0 Å². The van der Waals surface area contributed by atoms with Crippen LogP contribution < -0.4 is 10.2 Å². The molecule has 4 nitrogen and oxygen atoms in total. The molecule has 0 spiro atoms. The maximum Gasteiger partial charge on any atom is 0.241 e. The Morgan fingerprint density at radius 3 is 2.48 bits per heavy atom. The number of benzene rings is 2. The summed E-state index contributed by atoms with van der Waals surface area (Å²) in [5, 5.41) is 3.93. The van der Waals surface area contributed by atoms with Gasteiger partial charge in [-0.05, 0) is 56.2 Å². The number of hydrogen-bond acceptors (Lipinski definition) is 3. The molecule has 1 fully saturated rings. The van der Waals surface area contributed by atoms with E-state index in [1.807, 2.05) is 6.92 Å². The predicted molar refractivity (Wildman–Crippen MR) is 114 cm³/mol. The Labute approximate surface area is 171 Å². The minimum atomic E-state index is -0.235. The molecule has 1 aliphatic heterocycles. The second kappa shape index (κ2) is 8.51. The van der Waals surface area contributed by atoms with E-state index in [-0.39, 0.29) is 11.9 Å². The van der Waals surface area contributed by atoms with E-state index in [4.69, 9.17) is 23.2 Å². The van der Waals surface area contributed by atoms with Crippen LogP contribution in [0, 0.1) is 13.8 Å². The number of rotatable bonds is 4. The summed E-state index contributed by atoms with van der Waals surface area (Å²) in [6, 6.07) is 11.3. The number of halogens is 2. The lowest BCUT2D eigenvalue weighted by Crippen LogP contribution is -2.53. The van der Waals surface area contributed by atoms with Crippen LogP contribution >= 0.6 is 23.2 Å². The summed E-state index contributed by atoms with van der Waals surface area (Å²) in [6.07, 6.45) is 0. The largest absolute Gasteiger partial charge is 0.369 e. The van der Waals surface area contributed by atoms with Gasteiger partial charge in [0.05, 0.1) is 16.8 Å². The van der Waals surface area contributed by atoms with Gasteiger partial charge in [0.1, 0.15) is 0 Å². The predicted octanol–water partition coefficient (Wildman–Crippen LogP) is 4.76. The number of nitrogens with one attached hydrogen (secondary N) is 1. The Morgan fingerprint density at radius 1 is 1.07 bits per heavy atom. The number of nitrogens with zero attached hydrogens (tertiary/aromatic N) is 2. The molecule has 0 radical (unpaired) electrons. The first kappa shape index (κ1) is 20.0. The van der Waals surface area contributed by atoms with E-state index in [0.717, 1.165) is 26.2 Å². The van der Waals surface area contributed by atoms with Crippen LogP contribution in [0.15, 0.2) is 36.4 Å². The molecule has 3 rings (SSSR count). The highest BCUT2D eigenvalue weighted by molar-refractivity contribution is 6.35. The van der Waals surface area contributed by atoms with Crippen molar-refractivity contribution in [1.29, 1.82) is 0 Å². The zero-order valence-electron chi connectivity index (χ0n) is 15.9. The molecule has 1 N–H and O–H groups in total. The summed E-state index contributed by atoms with van der Waals surface area (Å²) in [5.74, 6) is -0.0700. The van der Waals surface area contributed by atoms with Gasteiger partial charge >= 0.3 is 0 Å². The van der Waals surface area contributed by atoms with Crippen LogP contribution in [-0.4, -0.2) is 43.0 Å². The molecular weight excluding hydrogens is 381 g/mol. The van der Waals surface area contributed by atoms with Crippen LogP contribution in [0.5, 0.6) is 0 Å². The fourth-order valence-electron chi connectivity index (χ4n) is 3.42. The van der Waals surface area contributed by atoms with Crippen molar-refractivity contribution < 1.29 is 4.79 Å². The Hall–Kier alpha value is -1.75. The molecule has 0 aromatic heterocycles. The molecule has 1 saturated heterocycles. The molecule has 6 heteroatoms. The standard InChI is InChI=1S/C21H25Cl2N3O/c1-14-5-4-6-20(15(14)2)26-11-9-25(10-12-26)16(3)21(27)24-19-13-17(22)7-8-18(19)23/h4-8,13,16H,9-12H2,1-3H3,(H,24,27). The Morgan fingerprint density at radius 2 is 1.78 bits per heavy atom. The lowest BCUT2D eigenvalue weighted by atomic mass is 10.1. The first-order chi connectivity index (χ1) is 12.9. The second-order valence-corrected chi connectivity index (χ2v) is 7.88. The Kier molecular flexibility index (Phi) is 6.30. The number of carbonyl (C=O) groups excluding carboxylic acids is 1. The number of piperazine rings is 1. The molecule has 1 aliphatic rings. The van der Waals surface area contributed by atoms with Gasteiger partial charge in [-0.2, -0.15) is 0 Å². The van der Waals surface area contributed by atoms with Crippen LogP contribution in [-0.2, 0) is 4.79 Å². The third-order valence-electron chi connectivity index (χ3n) is 5.34. The minimum absolute atomic E-state index is 0.0700. The molecule has 27 heavy (non-hydrogen) atoms. The van der Waals surface area contributed by atoms with Crippen molar-refractivity contribution in [2.45, 2.75) is 26.8 Å². The van der Waals surface area contributed by atoms with Crippen molar-refractivity contribution in [2.75, 3.05) is 36.4 Å². The highest BCUT2D eigenvalue weighted by Gasteiger charge is 2.26. The zero-order chi connectivity index (χ0) is 19.6. The number of carbonyl (C=O) groups is 1. The van der Waals surface area contributed by atoms with Gasteiger partial charge in [-0.25, -0.2) is 0 Å². The molecular formula is C21H25Cl2N3O. The maximum absolute atomic E-state index is 12.7. The van der Waals surface area contributed by atoms with E-state index in [9.17, 15) is 4.79 Å². The van der Waals surface area contributed by atoms with E-state index >= 15 is 0 Å². The van der Waals surface area contributed by atoms with Crippen LogP contribution in [0.4, 0.5) is 11.4 Å². The third kappa shape index (κ3) is 4.57. The SMILES string of the molecule is Cc1cccc(N2CCN(C(C)C(=O)Nc3cc(Cl)ccc3Cl)CC2)c1C. The van der Waals surface area contributed by atoms with Gasteiger partial charge in [-0.15, -0.1) is 0 Å². The third-order valence-corrected chi connectivity index (χ3v) is 5.91. The monoisotopic (exact) mass is 405 g/mol. The smallest absolute Gasteiger partial charge is 0.241 e. The summed E-state index contributed by atoms with van der Waals surface area (Å²) in [7, 11) is 0. The number of amides is 1. The van der Waals surface area contributed by atoms with Gasteiger partial charge in [0.2, 0.25) is 5.91 Å². The Bertz CT molecular complexity index is 832. The average molecular weight is 406 g/mol. The molecule has 0 aliphatic carbocycles. The maximum atomic E-state index is 12.7. The van der Waals surface area contributed by atoms with Crippen molar-refractivity contribution in [3.63, 3.8) is 0 Å². The summed E-state index contributed by atoms with van der Waals surface area (Å²) >= 11 is 12.2. The fraction of sp³-hybridized carbons (Fsp3) is 0.381. The molecule has 144 valence electrons. The lowest BCUT2D eigenvalue weighted by Gasteiger charge is -2.39. The first-order valence-corrected chi connectivity index (χ1v) is 9.93. The normalized spacial score (nSPS) is 16.3. The molecule has 0 saturated carbocycles. The summed E-state index contributed by atoms with van der Waals surface area (Å²) in [4.78, 5) is 17.3. The van der Waals surface area contributed by atoms with Crippen molar-refractivity contribution in [3.8, 4) is 0 Å². The summed E-state index contributed by atoms with van der Waals surface area (Å²) in [6.45, 7) is 9.72. The highest BCUT2D eigenvalue weighted by Crippen LogP contribution is 2.27. The number of aryl methyl sites for hydroxylation is 1. The van der Waals surface area contributed by atoms with Crippen molar-refractivity contribution in [3.05, 3.63) is 57.6 Å². The lowest BCUT2D eigenvalue weighted by molar-refractivity contribution is -0.120. The van der Waals surface area contributed by atoms with Crippen LogP contribution in [0.2, 0.25) is 10.0 Å². The molecule has 1 atom stereocenters. The second-order valence-electron chi connectivity index (χ2n) is 7.03. The minimum Gasteiger partial charge on any atom is -0.369 e. The van der Waals surface area contributed by atoms with Gasteiger partial charge in [-0.3, -0.25) is 9.69 Å². The van der Waals surface area contributed by atoms with E-state index in [1.165, 1.54) is 16.8 Å². The van der Waals surface area contributed by atoms with Crippen LogP contribution in [0.1, 0.15) is 18.1 Å². The highest BCUT2D eigenvalue weighted by atomic mass is 35.5. The van der Waals surface area contributed by atoms with Gasteiger partial charge in [-0.1, -0.05) is 35.3 Å². The average Bonchev–Trinajstić information content (AvgIpc) is 2.66. The van der Waals surface area contributed by atoms with Crippen molar-refractivity contribution in [2.24, 2.45) is 0 Å². The zero-order valence-corrected chi connectivity index (χ0v) is 17.4. The molecule has 1 unspecified atom stereocenters. The molecule has 1 amide bonds. The molecule has 2 aromatic carbocycles. The number of hydrogen-bond donors (Lipinski definition) is 1. The van der Waals surface area contributed by atoms with E-state index in [1.54, 1.807) is 18.2 Å². The molecule has 1 heterocycles. The quantitative estimate of drug-likeness (QED) is 0.795. The van der Waals surface area contributed by atoms with Gasteiger partial charge in [0.15, 0.2) is 0 Å². The Balaban J connectivity index is 1.61. The van der Waals surface area contributed by atoms with Gasteiger partial charge < -0.3 is 10.2 Å². The van der Waals surface area contributed by atoms with Crippen LogP contribution in [0.25, 0.3) is 0 Å². The van der Waals surface area contributed by atoms with E-state index in [2.05, 4.69) is 47.2 Å². The summed E-state index contributed by atoms with van der Waals surface area (Å²) < 4.78 is 0. The van der Waals surface area contributed by atoms with E-state index in [0.29, 0.717) is 15.7 Å². The van der Waals surface area contributed by atoms with Gasteiger partial charge in [0.25, 0.3) is 0 Å². The number of anilines is 2. The van der Waals surface area contributed by atoms with Gasteiger partial charge in [0, 0.05) is 36.9 Å². The molecule has 2 aromatic rings. The first-order valence-electron chi connectivity index (χ1n) is 9.18.